The maximum atomic E-state index is 10.7. The van der Waals surface area contributed by atoms with Crippen molar-refractivity contribution in [2.24, 2.45) is 0 Å². The standard InChI is InChI=1S/C15H21NO8/c1-20-12-11(8-17)24-15(14(22-3)13(12)21-2)23-10-6-4-9(5-7-10)16(18)19/h4-7,11-15,17H,8H2,1-3H3/t11-,12+,13+,14-,15+/m1/s1. The first kappa shape index (κ1) is 18.6. The summed E-state index contributed by atoms with van der Waals surface area (Å²) in [6.45, 7) is -0.283. The molecule has 1 aromatic carbocycles. The summed E-state index contributed by atoms with van der Waals surface area (Å²) in [5, 5.41) is 20.2. The lowest BCUT2D eigenvalue weighted by Crippen LogP contribution is -2.61. The number of benzene rings is 1. The van der Waals surface area contributed by atoms with Gasteiger partial charge in [0.1, 0.15) is 30.2 Å². The molecule has 0 amide bonds. The van der Waals surface area contributed by atoms with E-state index in [0.717, 1.165) is 0 Å². The summed E-state index contributed by atoms with van der Waals surface area (Å²) in [6, 6.07) is 5.59. The lowest BCUT2D eigenvalue weighted by molar-refractivity contribution is -0.384. The molecule has 1 N–H and O–H groups in total. The van der Waals surface area contributed by atoms with Gasteiger partial charge in [0.05, 0.1) is 11.5 Å². The van der Waals surface area contributed by atoms with Crippen LogP contribution in [-0.2, 0) is 18.9 Å². The SMILES string of the molecule is CO[C@H]1[C@@H](OC)[C@@H](CO)O[C@H](Oc2ccc([N+](=O)[O-])cc2)[C@@H]1OC. The Hall–Kier alpha value is -1.78. The molecule has 0 aliphatic carbocycles. The molecule has 2 rings (SSSR count). The first-order chi connectivity index (χ1) is 11.5. The van der Waals surface area contributed by atoms with E-state index >= 15 is 0 Å². The summed E-state index contributed by atoms with van der Waals surface area (Å²) in [7, 11) is 4.48. The van der Waals surface area contributed by atoms with Crippen LogP contribution in [0, 0.1) is 10.1 Å². The molecule has 1 heterocycles. The predicted octanol–water partition coefficient (Wildman–Crippen LogP) is 0.736. The number of nitro benzene ring substituents is 1. The van der Waals surface area contributed by atoms with E-state index in [0.29, 0.717) is 5.75 Å². The second-order valence-corrected chi connectivity index (χ2v) is 5.20. The Bertz CT molecular complexity index is 537. The number of aliphatic hydroxyl groups is 1. The van der Waals surface area contributed by atoms with Gasteiger partial charge >= 0.3 is 0 Å². The monoisotopic (exact) mass is 343 g/mol. The Morgan fingerprint density at radius 3 is 2.12 bits per heavy atom. The highest BCUT2D eigenvalue weighted by molar-refractivity contribution is 5.36. The molecule has 1 aliphatic rings. The fourth-order valence-corrected chi connectivity index (χ4v) is 2.70. The van der Waals surface area contributed by atoms with Gasteiger partial charge in [-0.1, -0.05) is 0 Å². The molecule has 1 fully saturated rings. The van der Waals surface area contributed by atoms with Crippen LogP contribution in [0.25, 0.3) is 0 Å². The molecule has 9 heteroatoms. The highest BCUT2D eigenvalue weighted by Crippen LogP contribution is 2.29. The lowest BCUT2D eigenvalue weighted by atomic mass is 9.98. The van der Waals surface area contributed by atoms with Crippen LogP contribution in [0.2, 0.25) is 0 Å². The van der Waals surface area contributed by atoms with Gasteiger partial charge in [-0.15, -0.1) is 0 Å². The molecule has 9 nitrogen and oxygen atoms in total. The van der Waals surface area contributed by atoms with E-state index < -0.39 is 35.6 Å². The maximum absolute atomic E-state index is 10.7. The van der Waals surface area contributed by atoms with E-state index in [-0.39, 0.29) is 12.3 Å². The van der Waals surface area contributed by atoms with E-state index in [1.54, 1.807) is 0 Å². The van der Waals surface area contributed by atoms with Gasteiger partial charge < -0.3 is 28.8 Å². The molecule has 0 aromatic heterocycles. The molecule has 1 saturated heterocycles. The second kappa shape index (κ2) is 8.36. The van der Waals surface area contributed by atoms with Gasteiger partial charge in [0, 0.05) is 33.5 Å². The minimum absolute atomic E-state index is 0.0438. The fourth-order valence-electron chi connectivity index (χ4n) is 2.70. The molecule has 0 saturated carbocycles. The third-order valence-corrected chi connectivity index (χ3v) is 3.89. The first-order valence-corrected chi connectivity index (χ1v) is 7.31. The zero-order valence-electron chi connectivity index (χ0n) is 13.7. The predicted molar refractivity (Wildman–Crippen MR) is 81.9 cm³/mol. The molecule has 1 aromatic rings. The van der Waals surface area contributed by atoms with Gasteiger partial charge in [-0.25, -0.2) is 0 Å². The summed E-state index contributed by atoms with van der Waals surface area (Å²) >= 11 is 0. The molecule has 24 heavy (non-hydrogen) atoms. The quantitative estimate of drug-likeness (QED) is 0.570. The normalized spacial score (nSPS) is 30.1. The topological polar surface area (TPSA) is 110 Å². The number of methoxy groups -OCH3 is 3. The van der Waals surface area contributed by atoms with Gasteiger partial charge in [0.15, 0.2) is 0 Å². The van der Waals surface area contributed by atoms with Crippen molar-refractivity contribution in [2.45, 2.75) is 30.7 Å². The summed E-state index contributed by atoms with van der Waals surface area (Å²) in [6.07, 6.45) is -3.19. The third-order valence-electron chi connectivity index (χ3n) is 3.89. The van der Waals surface area contributed by atoms with E-state index in [1.807, 2.05) is 0 Å². The number of ether oxygens (including phenoxy) is 5. The number of nitro groups is 1. The number of rotatable bonds is 7. The molecule has 0 bridgehead atoms. The molecule has 134 valence electrons. The third kappa shape index (κ3) is 3.82. The smallest absolute Gasteiger partial charge is 0.269 e. The highest BCUT2D eigenvalue weighted by Gasteiger charge is 2.48. The van der Waals surface area contributed by atoms with Crippen molar-refractivity contribution in [1.29, 1.82) is 0 Å². The summed E-state index contributed by atoms with van der Waals surface area (Å²) in [4.78, 5) is 10.2. The van der Waals surface area contributed by atoms with Crippen LogP contribution < -0.4 is 4.74 Å². The first-order valence-electron chi connectivity index (χ1n) is 7.31. The van der Waals surface area contributed by atoms with Gasteiger partial charge in [-0.2, -0.15) is 0 Å². The van der Waals surface area contributed by atoms with E-state index in [4.69, 9.17) is 23.7 Å². The Balaban J connectivity index is 2.18. The Kier molecular flexibility index (Phi) is 6.46. The summed E-state index contributed by atoms with van der Waals surface area (Å²) in [5.74, 6) is 0.370. The largest absolute Gasteiger partial charge is 0.462 e. The van der Waals surface area contributed by atoms with E-state index in [9.17, 15) is 15.2 Å². The van der Waals surface area contributed by atoms with Crippen molar-refractivity contribution in [3.63, 3.8) is 0 Å². The van der Waals surface area contributed by atoms with Crippen LogP contribution in [0.1, 0.15) is 0 Å². The minimum atomic E-state index is -0.870. The van der Waals surface area contributed by atoms with Crippen molar-refractivity contribution in [3.8, 4) is 5.75 Å². The number of aliphatic hydroxyl groups excluding tert-OH is 1. The molecular weight excluding hydrogens is 322 g/mol. The van der Waals surface area contributed by atoms with Gasteiger partial charge in [-0.3, -0.25) is 10.1 Å². The van der Waals surface area contributed by atoms with Crippen LogP contribution >= 0.6 is 0 Å². The highest BCUT2D eigenvalue weighted by atomic mass is 16.7. The number of hydrogen-bond acceptors (Lipinski definition) is 8. The zero-order chi connectivity index (χ0) is 17.7. The van der Waals surface area contributed by atoms with Crippen molar-refractivity contribution >= 4 is 5.69 Å². The van der Waals surface area contributed by atoms with Crippen LogP contribution in [0.5, 0.6) is 5.75 Å². The number of non-ortho nitro benzene ring substituents is 1. The van der Waals surface area contributed by atoms with Gasteiger partial charge in [0.25, 0.3) is 5.69 Å². The average Bonchev–Trinajstić information content (AvgIpc) is 2.60. The Morgan fingerprint density at radius 2 is 1.67 bits per heavy atom. The number of nitrogens with zero attached hydrogens (tertiary/aromatic N) is 1. The molecule has 0 unspecified atom stereocenters. The van der Waals surface area contributed by atoms with Gasteiger partial charge in [0.2, 0.25) is 6.29 Å². The van der Waals surface area contributed by atoms with E-state index in [1.165, 1.54) is 45.6 Å². The zero-order valence-corrected chi connectivity index (χ0v) is 13.7. The molecule has 0 radical (unpaired) electrons. The van der Waals surface area contributed by atoms with Gasteiger partial charge in [-0.05, 0) is 12.1 Å². The van der Waals surface area contributed by atoms with E-state index in [2.05, 4.69) is 0 Å². The summed E-state index contributed by atoms with van der Waals surface area (Å²) < 4.78 is 27.7. The van der Waals surface area contributed by atoms with Crippen LogP contribution in [0.15, 0.2) is 24.3 Å². The second-order valence-electron chi connectivity index (χ2n) is 5.20. The molecular formula is C15H21NO8. The molecule has 0 spiro atoms. The summed E-state index contributed by atoms with van der Waals surface area (Å²) in [5.41, 5.74) is -0.0438. The maximum Gasteiger partial charge on any atom is 0.269 e. The average molecular weight is 343 g/mol. The van der Waals surface area contributed by atoms with Crippen LogP contribution in [0.3, 0.4) is 0 Å². The van der Waals surface area contributed by atoms with Crippen molar-refractivity contribution in [3.05, 3.63) is 34.4 Å². The molecule has 5 atom stereocenters. The number of hydrogen-bond donors (Lipinski definition) is 1. The molecule has 1 aliphatic heterocycles. The fraction of sp³-hybridized carbons (Fsp3) is 0.600. The van der Waals surface area contributed by atoms with Crippen molar-refractivity contribution in [1.82, 2.24) is 0 Å². The Labute approximate surface area is 139 Å². The van der Waals surface area contributed by atoms with Crippen molar-refractivity contribution < 1.29 is 33.7 Å². The van der Waals surface area contributed by atoms with Crippen LogP contribution in [0.4, 0.5) is 5.69 Å². The Morgan fingerprint density at radius 1 is 1.08 bits per heavy atom. The van der Waals surface area contributed by atoms with Crippen LogP contribution in [-0.4, -0.2) is 68.7 Å². The lowest BCUT2D eigenvalue weighted by Gasteiger charge is -2.44. The van der Waals surface area contributed by atoms with Crippen molar-refractivity contribution in [2.75, 3.05) is 27.9 Å². The minimum Gasteiger partial charge on any atom is -0.462 e.